The first-order valence-corrected chi connectivity index (χ1v) is 6.96. The molecule has 0 aromatic rings. The van der Waals surface area contributed by atoms with Crippen LogP contribution < -0.4 is 4.89 Å². The summed E-state index contributed by atoms with van der Waals surface area (Å²) in [6.07, 6.45) is 5.80. The molecule has 0 heterocycles. The van der Waals surface area contributed by atoms with Crippen LogP contribution in [0.4, 0.5) is 0 Å². The van der Waals surface area contributed by atoms with Crippen LogP contribution in [0.1, 0.15) is 39.5 Å². The van der Waals surface area contributed by atoms with Gasteiger partial charge < -0.3 is 4.89 Å². The fourth-order valence-corrected chi connectivity index (χ4v) is 1.91. The first-order chi connectivity index (χ1) is 5.83. The summed E-state index contributed by atoms with van der Waals surface area (Å²) in [4.78, 5) is 8.35. The molecule has 0 aromatic carbocycles. The third kappa shape index (κ3) is 22.4. The Hall–Kier alpha value is 0.592. The second kappa shape index (κ2) is 17.6. The van der Waals surface area contributed by atoms with Gasteiger partial charge in [0.05, 0.1) is 8.69 Å². The molecule has 0 unspecified atom stereocenters. The number of hydrogen-bond donors (Lipinski definition) is 0. The van der Waals surface area contributed by atoms with Crippen LogP contribution in [0.15, 0.2) is 0 Å². The smallest absolute Gasteiger partial charge is 0.0642 e. The average molecular weight is 204 g/mol. The van der Waals surface area contributed by atoms with Gasteiger partial charge in [0.1, 0.15) is 0 Å². The molecule has 0 N–H and O–H groups in total. The van der Waals surface area contributed by atoms with Crippen LogP contribution >= 0.6 is 8.69 Å². The predicted octanol–water partition coefficient (Wildman–Crippen LogP) is 2.68. The molecular weight excluding hydrogens is 186 g/mol. The number of hydrogen-bond acceptors (Lipinski definition) is 2. The van der Waals surface area contributed by atoms with Crippen LogP contribution in [-0.2, 0) is 4.57 Å². The molecule has 0 fully saturated rings. The molecule has 0 aromatic heterocycles. The maximum Gasteiger partial charge on any atom is 0.0642 e. The zero-order chi connectivity index (χ0) is 9.66. The molecule has 0 radical (unpaired) electrons. The molecule has 0 amide bonds. The summed E-state index contributed by atoms with van der Waals surface area (Å²) >= 11 is 0.810. The first kappa shape index (κ1) is 15.1. The summed E-state index contributed by atoms with van der Waals surface area (Å²) in [6, 6.07) is 0. The molecule has 0 aliphatic carbocycles. The summed E-state index contributed by atoms with van der Waals surface area (Å²) in [6.45, 7) is 4.57. The van der Waals surface area contributed by atoms with Crippen molar-refractivity contribution in [3.8, 4) is 0 Å². The SMILES string of the molecule is CCCCC[CH2][Al+][CH2]C.O=P[O-]. The Balaban J connectivity index is 0. The van der Waals surface area contributed by atoms with Gasteiger partial charge in [-0.3, -0.25) is 4.57 Å². The Morgan fingerprint density at radius 3 is 2.25 bits per heavy atom. The predicted molar refractivity (Wildman–Crippen MR) is 52.8 cm³/mol. The zero-order valence-electron chi connectivity index (χ0n) is 8.08. The van der Waals surface area contributed by atoms with Crippen LogP contribution in [0, 0.1) is 0 Å². The first-order valence-electron chi connectivity index (χ1n) is 4.60. The summed E-state index contributed by atoms with van der Waals surface area (Å²) in [5.41, 5.74) is 0. The van der Waals surface area contributed by atoms with Gasteiger partial charge in [0.25, 0.3) is 0 Å². The largest absolute Gasteiger partial charge is 0.772 e. The third-order valence-corrected chi connectivity index (χ3v) is 2.94. The van der Waals surface area contributed by atoms with Crippen LogP contribution in [0.5, 0.6) is 0 Å². The molecular formula is C8H18AlO2P. The maximum atomic E-state index is 8.35. The van der Waals surface area contributed by atoms with Crippen LogP contribution in [0.2, 0.25) is 10.6 Å². The van der Waals surface area contributed by atoms with Gasteiger partial charge in [-0.15, -0.1) is 0 Å². The molecule has 0 spiro atoms. The molecule has 0 saturated carbocycles. The van der Waals surface area contributed by atoms with E-state index in [9.17, 15) is 0 Å². The Morgan fingerprint density at radius 1 is 1.25 bits per heavy atom. The molecule has 0 atom stereocenters. The molecule has 0 aliphatic heterocycles. The van der Waals surface area contributed by atoms with Crippen molar-refractivity contribution in [2.45, 2.75) is 50.1 Å². The second-order valence-corrected chi connectivity index (χ2v) is 4.74. The average Bonchev–Trinajstić information content (AvgIpc) is 2.06. The van der Waals surface area contributed by atoms with Gasteiger partial charge in [0.15, 0.2) is 0 Å². The molecule has 0 rings (SSSR count). The van der Waals surface area contributed by atoms with E-state index in [1.807, 2.05) is 0 Å². The standard InChI is InChI=1S/C6H13.C2H5.Al.HO2P/c1-3-5-6-4-2;1-2;;1-3-2/h1,3-6H2,2H3;1H2,2H3;;(H,1,2)/q;;+1;/p-1. The summed E-state index contributed by atoms with van der Waals surface area (Å²) in [7, 11) is -1.08. The van der Waals surface area contributed by atoms with Gasteiger partial charge in [0.2, 0.25) is 0 Å². The Bertz CT molecular complexity index is 75.5. The van der Waals surface area contributed by atoms with E-state index in [1.54, 1.807) is 0 Å². The maximum absolute atomic E-state index is 8.35. The molecule has 2 nitrogen and oxygen atoms in total. The minimum absolute atomic E-state index is 0.810. The summed E-state index contributed by atoms with van der Waals surface area (Å²) in [5, 5.41) is 2.99. The minimum Gasteiger partial charge on any atom is -0.772 e. The van der Waals surface area contributed by atoms with E-state index in [0.717, 1.165) is 15.2 Å². The Morgan fingerprint density at radius 2 is 1.83 bits per heavy atom. The van der Waals surface area contributed by atoms with E-state index in [0.29, 0.717) is 0 Å². The molecule has 70 valence electrons. The van der Waals surface area contributed by atoms with Crippen molar-refractivity contribution in [3.63, 3.8) is 0 Å². The zero-order valence-corrected chi connectivity index (χ0v) is 10.1. The number of rotatable bonds is 6. The molecule has 12 heavy (non-hydrogen) atoms. The van der Waals surface area contributed by atoms with Crippen molar-refractivity contribution in [2.75, 3.05) is 0 Å². The fraction of sp³-hybridized carbons (Fsp3) is 1.00. The van der Waals surface area contributed by atoms with Crippen molar-refractivity contribution in [1.82, 2.24) is 0 Å². The van der Waals surface area contributed by atoms with E-state index >= 15 is 0 Å². The van der Waals surface area contributed by atoms with E-state index in [4.69, 9.17) is 9.46 Å². The Labute approximate surface area is 83.8 Å². The van der Waals surface area contributed by atoms with Crippen LogP contribution in [-0.4, -0.2) is 15.2 Å². The number of unbranched alkanes of at least 4 members (excludes halogenated alkanes) is 3. The topological polar surface area (TPSA) is 40.1 Å². The monoisotopic (exact) mass is 204 g/mol. The van der Waals surface area contributed by atoms with Crippen molar-refractivity contribution in [2.24, 2.45) is 0 Å². The van der Waals surface area contributed by atoms with Gasteiger partial charge >= 0.3 is 65.3 Å². The molecule has 0 aliphatic rings. The van der Waals surface area contributed by atoms with Crippen molar-refractivity contribution in [3.05, 3.63) is 0 Å². The normalized spacial score (nSPS) is 8.58. The van der Waals surface area contributed by atoms with Crippen molar-refractivity contribution >= 4 is 23.9 Å². The van der Waals surface area contributed by atoms with Crippen LogP contribution in [0.3, 0.4) is 0 Å². The minimum atomic E-state index is -1.08. The summed E-state index contributed by atoms with van der Waals surface area (Å²) < 4.78 is 8.35. The summed E-state index contributed by atoms with van der Waals surface area (Å²) in [5.74, 6) is 0. The molecule has 4 heteroatoms. The van der Waals surface area contributed by atoms with Gasteiger partial charge in [0, 0.05) is 0 Å². The van der Waals surface area contributed by atoms with E-state index < -0.39 is 8.69 Å². The van der Waals surface area contributed by atoms with Gasteiger partial charge in [-0.2, -0.15) is 0 Å². The van der Waals surface area contributed by atoms with E-state index in [-0.39, 0.29) is 0 Å². The molecule has 0 bridgehead atoms. The van der Waals surface area contributed by atoms with Crippen molar-refractivity contribution < 1.29 is 9.46 Å². The third-order valence-electron chi connectivity index (χ3n) is 1.55. The molecule has 0 saturated heterocycles. The van der Waals surface area contributed by atoms with Gasteiger partial charge in [-0.25, -0.2) is 0 Å². The quantitative estimate of drug-likeness (QED) is 0.379. The fourth-order valence-electron chi connectivity index (χ4n) is 0.920. The Kier molecular flexibility index (Phi) is 22.1. The van der Waals surface area contributed by atoms with E-state index in [1.165, 1.54) is 36.2 Å². The van der Waals surface area contributed by atoms with Gasteiger partial charge in [-0.1, -0.05) is 0 Å². The van der Waals surface area contributed by atoms with E-state index in [2.05, 4.69) is 13.8 Å². The second-order valence-electron chi connectivity index (χ2n) is 2.62. The van der Waals surface area contributed by atoms with Crippen molar-refractivity contribution in [1.29, 1.82) is 0 Å². The van der Waals surface area contributed by atoms with Crippen LogP contribution in [0.25, 0.3) is 0 Å². The van der Waals surface area contributed by atoms with Gasteiger partial charge in [-0.05, 0) is 0 Å².